The second kappa shape index (κ2) is 6.00. The van der Waals surface area contributed by atoms with E-state index < -0.39 is 5.97 Å². The summed E-state index contributed by atoms with van der Waals surface area (Å²) < 4.78 is 14.7. The SMILES string of the molecule is CC(c1ccccc1)n1nnc(C(=O)O)c1-c1ccc(F)cc1. The molecule has 0 bridgehead atoms. The van der Waals surface area contributed by atoms with Gasteiger partial charge >= 0.3 is 5.97 Å². The zero-order chi connectivity index (χ0) is 16.4. The van der Waals surface area contributed by atoms with Crippen molar-refractivity contribution in [1.82, 2.24) is 15.0 Å². The molecule has 1 heterocycles. The Morgan fingerprint density at radius 3 is 2.39 bits per heavy atom. The van der Waals surface area contributed by atoms with Gasteiger partial charge in [-0.25, -0.2) is 13.9 Å². The van der Waals surface area contributed by atoms with Crippen LogP contribution in [0, 0.1) is 5.82 Å². The minimum Gasteiger partial charge on any atom is -0.476 e. The molecule has 1 aromatic heterocycles. The molecule has 0 saturated heterocycles. The van der Waals surface area contributed by atoms with Crippen LogP contribution in [0.5, 0.6) is 0 Å². The van der Waals surface area contributed by atoms with Crippen LogP contribution in [0.25, 0.3) is 11.3 Å². The molecule has 0 aliphatic rings. The van der Waals surface area contributed by atoms with E-state index in [9.17, 15) is 14.3 Å². The lowest BCUT2D eigenvalue weighted by Gasteiger charge is -2.15. The molecule has 1 unspecified atom stereocenters. The van der Waals surface area contributed by atoms with Gasteiger partial charge in [-0.3, -0.25) is 0 Å². The number of hydrogen-bond acceptors (Lipinski definition) is 3. The van der Waals surface area contributed by atoms with Gasteiger partial charge in [0.2, 0.25) is 0 Å². The summed E-state index contributed by atoms with van der Waals surface area (Å²) in [5.41, 5.74) is 1.72. The van der Waals surface area contributed by atoms with Crippen LogP contribution in [-0.2, 0) is 0 Å². The molecule has 1 atom stereocenters. The highest BCUT2D eigenvalue weighted by Crippen LogP contribution is 2.28. The minimum atomic E-state index is -1.17. The minimum absolute atomic E-state index is 0.153. The van der Waals surface area contributed by atoms with Crippen molar-refractivity contribution < 1.29 is 14.3 Å². The second-order valence-electron chi connectivity index (χ2n) is 5.13. The van der Waals surface area contributed by atoms with Gasteiger partial charge in [-0.2, -0.15) is 0 Å². The van der Waals surface area contributed by atoms with Crippen molar-refractivity contribution in [3.63, 3.8) is 0 Å². The molecule has 0 radical (unpaired) electrons. The van der Waals surface area contributed by atoms with E-state index in [-0.39, 0.29) is 17.6 Å². The zero-order valence-electron chi connectivity index (χ0n) is 12.3. The summed E-state index contributed by atoms with van der Waals surface area (Å²) in [4.78, 5) is 11.4. The van der Waals surface area contributed by atoms with Gasteiger partial charge in [0.05, 0.1) is 6.04 Å². The average Bonchev–Trinajstić information content (AvgIpc) is 3.01. The van der Waals surface area contributed by atoms with E-state index in [2.05, 4.69) is 10.3 Å². The number of carboxylic acid groups (broad SMARTS) is 1. The Morgan fingerprint density at radius 2 is 1.78 bits per heavy atom. The van der Waals surface area contributed by atoms with Crippen molar-refractivity contribution in [2.75, 3.05) is 0 Å². The average molecular weight is 311 g/mol. The highest BCUT2D eigenvalue weighted by molar-refractivity contribution is 5.92. The summed E-state index contributed by atoms with van der Waals surface area (Å²) >= 11 is 0. The van der Waals surface area contributed by atoms with Crippen molar-refractivity contribution in [1.29, 1.82) is 0 Å². The third-order valence-electron chi connectivity index (χ3n) is 3.66. The number of carbonyl (C=O) groups is 1. The fraction of sp³-hybridized carbons (Fsp3) is 0.118. The molecular formula is C17H14FN3O2. The fourth-order valence-corrected chi connectivity index (χ4v) is 2.46. The molecule has 5 nitrogen and oxygen atoms in total. The monoisotopic (exact) mass is 311 g/mol. The van der Waals surface area contributed by atoms with Crippen LogP contribution in [-0.4, -0.2) is 26.1 Å². The number of hydrogen-bond donors (Lipinski definition) is 1. The molecule has 0 amide bonds. The maximum absolute atomic E-state index is 13.2. The number of halogens is 1. The van der Waals surface area contributed by atoms with Crippen LogP contribution >= 0.6 is 0 Å². The number of nitrogens with zero attached hydrogens (tertiary/aromatic N) is 3. The molecule has 0 saturated carbocycles. The highest BCUT2D eigenvalue weighted by Gasteiger charge is 2.23. The van der Waals surface area contributed by atoms with E-state index in [4.69, 9.17) is 0 Å². The Labute approximate surface area is 132 Å². The normalized spacial score (nSPS) is 12.1. The number of aromatic nitrogens is 3. The third kappa shape index (κ3) is 2.83. The van der Waals surface area contributed by atoms with Crippen LogP contribution in [0.1, 0.15) is 29.0 Å². The predicted molar refractivity (Wildman–Crippen MR) is 82.6 cm³/mol. The second-order valence-corrected chi connectivity index (χ2v) is 5.13. The van der Waals surface area contributed by atoms with Crippen LogP contribution in [0.15, 0.2) is 54.6 Å². The molecule has 0 spiro atoms. The van der Waals surface area contributed by atoms with E-state index in [0.717, 1.165) is 5.56 Å². The topological polar surface area (TPSA) is 68.0 Å². The Hall–Kier alpha value is -3.02. The Morgan fingerprint density at radius 1 is 1.13 bits per heavy atom. The van der Waals surface area contributed by atoms with Gasteiger partial charge in [-0.1, -0.05) is 35.5 Å². The molecule has 6 heteroatoms. The van der Waals surface area contributed by atoms with Crippen molar-refractivity contribution in [3.05, 3.63) is 71.7 Å². The summed E-state index contributed by atoms with van der Waals surface area (Å²) in [6.45, 7) is 1.91. The predicted octanol–water partition coefficient (Wildman–Crippen LogP) is 3.39. The van der Waals surface area contributed by atoms with Gasteiger partial charge in [0.25, 0.3) is 0 Å². The number of carboxylic acids is 1. The van der Waals surface area contributed by atoms with E-state index in [1.165, 1.54) is 24.3 Å². The van der Waals surface area contributed by atoms with Crippen molar-refractivity contribution in [2.24, 2.45) is 0 Å². The van der Waals surface area contributed by atoms with Gasteiger partial charge in [0.15, 0.2) is 5.69 Å². The molecule has 2 aromatic carbocycles. The first-order valence-corrected chi connectivity index (χ1v) is 7.07. The lowest BCUT2D eigenvalue weighted by molar-refractivity contribution is 0.0691. The maximum Gasteiger partial charge on any atom is 0.358 e. The van der Waals surface area contributed by atoms with Gasteiger partial charge in [0.1, 0.15) is 11.5 Å². The first-order valence-electron chi connectivity index (χ1n) is 7.07. The van der Waals surface area contributed by atoms with E-state index in [1.807, 2.05) is 37.3 Å². The first-order chi connectivity index (χ1) is 11.1. The highest BCUT2D eigenvalue weighted by atomic mass is 19.1. The van der Waals surface area contributed by atoms with E-state index in [1.54, 1.807) is 4.68 Å². The smallest absolute Gasteiger partial charge is 0.358 e. The summed E-state index contributed by atoms with van der Waals surface area (Å²) in [5, 5.41) is 17.1. The van der Waals surface area contributed by atoms with E-state index in [0.29, 0.717) is 11.3 Å². The Bertz CT molecular complexity index is 829. The summed E-state index contributed by atoms with van der Waals surface area (Å²) in [5.74, 6) is -1.56. The molecule has 0 fully saturated rings. The molecular weight excluding hydrogens is 297 g/mol. The Balaban J connectivity index is 2.15. The molecule has 1 N–H and O–H groups in total. The quantitative estimate of drug-likeness (QED) is 0.802. The van der Waals surface area contributed by atoms with Crippen molar-refractivity contribution in [2.45, 2.75) is 13.0 Å². The van der Waals surface area contributed by atoms with Crippen LogP contribution in [0.2, 0.25) is 0 Å². The third-order valence-corrected chi connectivity index (χ3v) is 3.66. The molecule has 116 valence electrons. The van der Waals surface area contributed by atoms with Crippen LogP contribution in [0.4, 0.5) is 4.39 Å². The standard InChI is InChI=1S/C17H14FN3O2/c1-11(12-5-3-2-4-6-12)21-16(15(17(22)23)19-20-21)13-7-9-14(18)10-8-13/h2-11H,1H3,(H,22,23). The summed E-state index contributed by atoms with van der Waals surface area (Å²) in [6, 6.07) is 15.0. The molecule has 0 aliphatic heterocycles. The Kier molecular flexibility index (Phi) is 3.89. The maximum atomic E-state index is 13.2. The zero-order valence-corrected chi connectivity index (χ0v) is 12.3. The first kappa shape index (κ1) is 14.9. The molecule has 3 aromatic rings. The number of aromatic carboxylic acids is 1. The van der Waals surface area contributed by atoms with Gasteiger partial charge in [-0.15, -0.1) is 5.10 Å². The van der Waals surface area contributed by atoms with E-state index >= 15 is 0 Å². The number of benzene rings is 2. The fourth-order valence-electron chi connectivity index (χ4n) is 2.46. The molecule has 0 aliphatic carbocycles. The van der Waals surface area contributed by atoms with Gasteiger partial charge in [-0.05, 0) is 36.8 Å². The largest absolute Gasteiger partial charge is 0.476 e. The lowest BCUT2D eigenvalue weighted by atomic mass is 10.1. The van der Waals surface area contributed by atoms with Crippen LogP contribution < -0.4 is 0 Å². The van der Waals surface area contributed by atoms with Crippen molar-refractivity contribution in [3.8, 4) is 11.3 Å². The number of rotatable bonds is 4. The van der Waals surface area contributed by atoms with Gasteiger partial charge in [0, 0.05) is 5.56 Å². The summed E-state index contributed by atoms with van der Waals surface area (Å²) in [7, 11) is 0. The summed E-state index contributed by atoms with van der Waals surface area (Å²) in [6.07, 6.45) is 0. The van der Waals surface area contributed by atoms with Gasteiger partial charge < -0.3 is 5.11 Å². The lowest BCUT2D eigenvalue weighted by Crippen LogP contribution is -2.11. The molecule has 23 heavy (non-hydrogen) atoms. The van der Waals surface area contributed by atoms with Crippen molar-refractivity contribution >= 4 is 5.97 Å². The van der Waals surface area contributed by atoms with Crippen LogP contribution in [0.3, 0.4) is 0 Å². The molecule has 3 rings (SSSR count).